The predicted octanol–water partition coefficient (Wildman–Crippen LogP) is 5.09. The molecule has 0 amide bonds. The SMILES string of the molecule is CCn1cc(/C=N/NCc2c(Cl)cccc2Cl)c2ccccc21. The van der Waals surface area contributed by atoms with Gasteiger partial charge in [-0.25, -0.2) is 0 Å². The van der Waals surface area contributed by atoms with Gasteiger partial charge in [-0.2, -0.15) is 5.10 Å². The minimum atomic E-state index is 0.488. The average Bonchev–Trinajstić information content (AvgIpc) is 2.92. The molecule has 1 N–H and O–H groups in total. The van der Waals surface area contributed by atoms with Crippen molar-refractivity contribution in [2.75, 3.05) is 0 Å². The van der Waals surface area contributed by atoms with Gasteiger partial charge in [0.2, 0.25) is 0 Å². The molecular weight excluding hydrogens is 329 g/mol. The molecule has 1 heterocycles. The van der Waals surface area contributed by atoms with E-state index in [9.17, 15) is 0 Å². The third kappa shape index (κ3) is 3.36. The molecule has 118 valence electrons. The molecule has 0 aliphatic rings. The maximum atomic E-state index is 6.15. The summed E-state index contributed by atoms with van der Waals surface area (Å²) in [7, 11) is 0. The smallest absolute Gasteiger partial charge is 0.0609 e. The molecule has 0 saturated carbocycles. The lowest BCUT2D eigenvalue weighted by Gasteiger charge is -2.05. The summed E-state index contributed by atoms with van der Waals surface area (Å²) in [6.45, 7) is 3.55. The average molecular weight is 346 g/mol. The highest BCUT2D eigenvalue weighted by atomic mass is 35.5. The van der Waals surface area contributed by atoms with Crippen LogP contribution >= 0.6 is 23.2 Å². The van der Waals surface area contributed by atoms with Gasteiger partial charge in [0.15, 0.2) is 0 Å². The quantitative estimate of drug-likeness (QED) is 0.506. The number of hydrazone groups is 1. The number of benzene rings is 2. The molecule has 0 aliphatic carbocycles. The van der Waals surface area contributed by atoms with Crippen LogP contribution in [0, 0.1) is 0 Å². The van der Waals surface area contributed by atoms with Gasteiger partial charge in [-0.15, -0.1) is 0 Å². The Morgan fingerprint density at radius 2 is 1.83 bits per heavy atom. The molecule has 1 aromatic heterocycles. The fourth-order valence-corrected chi connectivity index (χ4v) is 3.11. The fraction of sp³-hybridized carbons (Fsp3) is 0.167. The van der Waals surface area contributed by atoms with Crippen LogP contribution in [0.4, 0.5) is 0 Å². The third-order valence-corrected chi connectivity index (χ3v) is 4.48. The van der Waals surface area contributed by atoms with Gasteiger partial charge in [-0.1, -0.05) is 47.5 Å². The first-order valence-electron chi connectivity index (χ1n) is 7.47. The summed E-state index contributed by atoms with van der Waals surface area (Å²) < 4.78 is 2.21. The monoisotopic (exact) mass is 345 g/mol. The summed E-state index contributed by atoms with van der Waals surface area (Å²) >= 11 is 12.3. The van der Waals surface area contributed by atoms with Gasteiger partial charge in [-0.3, -0.25) is 0 Å². The zero-order valence-electron chi connectivity index (χ0n) is 12.8. The van der Waals surface area contributed by atoms with Gasteiger partial charge in [0.05, 0.1) is 12.8 Å². The minimum absolute atomic E-state index is 0.488. The maximum absolute atomic E-state index is 6.15. The Balaban J connectivity index is 1.76. The Morgan fingerprint density at radius 3 is 2.57 bits per heavy atom. The largest absolute Gasteiger partial charge is 0.347 e. The highest BCUT2D eigenvalue weighted by Gasteiger charge is 2.06. The highest BCUT2D eigenvalue weighted by molar-refractivity contribution is 6.35. The molecule has 0 unspecified atom stereocenters. The summed E-state index contributed by atoms with van der Waals surface area (Å²) in [6, 6.07) is 13.8. The van der Waals surface area contributed by atoms with Crippen molar-refractivity contribution in [2.45, 2.75) is 20.0 Å². The normalized spacial score (nSPS) is 11.4. The fourth-order valence-electron chi connectivity index (χ4n) is 2.58. The zero-order valence-corrected chi connectivity index (χ0v) is 14.3. The first-order valence-corrected chi connectivity index (χ1v) is 8.23. The van der Waals surface area contributed by atoms with Crippen LogP contribution in [-0.4, -0.2) is 10.8 Å². The van der Waals surface area contributed by atoms with E-state index < -0.39 is 0 Å². The second-order valence-electron chi connectivity index (χ2n) is 5.18. The van der Waals surface area contributed by atoms with Gasteiger partial charge in [0.1, 0.15) is 0 Å². The number of aromatic nitrogens is 1. The molecule has 5 heteroatoms. The molecule has 2 aromatic carbocycles. The first-order chi connectivity index (χ1) is 11.2. The molecular formula is C18H17Cl2N3. The number of nitrogens with one attached hydrogen (secondary N) is 1. The molecule has 0 spiro atoms. The molecule has 3 rings (SSSR count). The zero-order chi connectivity index (χ0) is 16.2. The lowest BCUT2D eigenvalue weighted by atomic mass is 10.2. The molecule has 23 heavy (non-hydrogen) atoms. The molecule has 3 nitrogen and oxygen atoms in total. The van der Waals surface area contributed by atoms with Crippen LogP contribution in [0.2, 0.25) is 10.0 Å². The van der Waals surface area contributed by atoms with Crippen molar-refractivity contribution in [1.29, 1.82) is 0 Å². The van der Waals surface area contributed by atoms with Crippen molar-refractivity contribution in [3.05, 3.63) is 69.8 Å². The molecule has 0 atom stereocenters. The minimum Gasteiger partial charge on any atom is -0.347 e. The van der Waals surface area contributed by atoms with Crippen LogP contribution in [0.5, 0.6) is 0 Å². The number of para-hydroxylation sites is 1. The Bertz CT molecular complexity index is 832. The van der Waals surface area contributed by atoms with Crippen molar-refractivity contribution in [3.63, 3.8) is 0 Å². The van der Waals surface area contributed by atoms with Gasteiger partial charge in [-0.05, 0) is 25.1 Å². The van der Waals surface area contributed by atoms with E-state index in [2.05, 4.69) is 40.3 Å². The standard InChI is InChI=1S/C18H17Cl2N3/c1-2-23-12-13(14-6-3-4-9-18(14)23)10-21-22-11-15-16(19)7-5-8-17(15)20/h3-10,12,22H,2,11H2,1H3/b21-10+. The summed E-state index contributed by atoms with van der Waals surface area (Å²) in [5.74, 6) is 0. The van der Waals surface area contributed by atoms with Gasteiger partial charge in [0, 0.05) is 44.8 Å². The van der Waals surface area contributed by atoms with Crippen molar-refractivity contribution < 1.29 is 0 Å². The van der Waals surface area contributed by atoms with Gasteiger partial charge < -0.3 is 9.99 Å². The van der Waals surface area contributed by atoms with E-state index in [0.717, 1.165) is 17.7 Å². The number of rotatable bonds is 5. The lowest BCUT2D eigenvalue weighted by Crippen LogP contribution is -2.06. The van der Waals surface area contributed by atoms with E-state index in [-0.39, 0.29) is 0 Å². The Labute approximate surface area is 145 Å². The number of hydrogen-bond donors (Lipinski definition) is 1. The molecule has 0 radical (unpaired) electrons. The highest BCUT2D eigenvalue weighted by Crippen LogP contribution is 2.24. The van der Waals surface area contributed by atoms with Crippen molar-refractivity contribution in [3.8, 4) is 0 Å². The van der Waals surface area contributed by atoms with Crippen LogP contribution in [0.25, 0.3) is 10.9 Å². The Kier molecular flexibility index (Phi) is 4.89. The van der Waals surface area contributed by atoms with Crippen LogP contribution < -0.4 is 5.43 Å². The Morgan fingerprint density at radius 1 is 1.09 bits per heavy atom. The molecule has 0 saturated heterocycles. The maximum Gasteiger partial charge on any atom is 0.0609 e. The third-order valence-electron chi connectivity index (χ3n) is 3.77. The second-order valence-corrected chi connectivity index (χ2v) is 6.00. The summed E-state index contributed by atoms with van der Waals surface area (Å²) in [6.07, 6.45) is 3.94. The summed E-state index contributed by atoms with van der Waals surface area (Å²) in [4.78, 5) is 0. The number of halogens is 2. The van der Waals surface area contributed by atoms with Crippen LogP contribution in [0.1, 0.15) is 18.1 Å². The number of nitrogens with zero attached hydrogens (tertiary/aromatic N) is 2. The van der Waals surface area contributed by atoms with Crippen LogP contribution in [0.3, 0.4) is 0 Å². The number of aryl methyl sites for hydroxylation is 1. The molecule has 0 aliphatic heterocycles. The number of fused-ring (bicyclic) bond motifs is 1. The van der Waals surface area contributed by atoms with Gasteiger partial charge >= 0.3 is 0 Å². The van der Waals surface area contributed by atoms with E-state index in [1.807, 2.05) is 36.5 Å². The molecule has 0 fully saturated rings. The second kappa shape index (κ2) is 7.07. The first kappa shape index (κ1) is 15.9. The van der Waals surface area contributed by atoms with Gasteiger partial charge in [0.25, 0.3) is 0 Å². The van der Waals surface area contributed by atoms with E-state index >= 15 is 0 Å². The molecule has 0 bridgehead atoms. The van der Waals surface area contributed by atoms with Crippen LogP contribution in [0.15, 0.2) is 53.8 Å². The van der Waals surface area contributed by atoms with E-state index in [1.165, 1.54) is 10.9 Å². The van der Waals surface area contributed by atoms with Crippen molar-refractivity contribution in [2.24, 2.45) is 5.10 Å². The predicted molar refractivity (Wildman–Crippen MR) is 98.5 cm³/mol. The topological polar surface area (TPSA) is 29.3 Å². The van der Waals surface area contributed by atoms with Crippen LogP contribution in [-0.2, 0) is 13.1 Å². The van der Waals surface area contributed by atoms with E-state index in [0.29, 0.717) is 16.6 Å². The number of hydrogen-bond acceptors (Lipinski definition) is 2. The van der Waals surface area contributed by atoms with Crippen molar-refractivity contribution in [1.82, 2.24) is 9.99 Å². The lowest BCUT2D eigenvalue weighted by molar-refractivity contribution is 0.748. The van der Waals surface area contributed by atoms with E-state index in [4.69, 9.17) is 23.2 Å². The van der Waals surface area contributed by atoms with E-state index in [1.54, 1.807) is 0 Å². The summed E-state index contributed by atoms with van der Waals surface area (Å²) in [5, 5.41) is 6.78. The Hall–Kier alpha value is -1.97. The molecule has 3 aromatic rings. The van der Waals surface area contributed by atoms with Crippen molar-refractivity contribution >= 4 is 40.3 Å². The summed E-state index contributed by atoms with van der Waals surface area (Å²) in [5.41, 5.74) is 6.16.